The quantitative estimate of drug-likeness (QED) is 0.390. The molecular weight excluding hydrogens is 502 g/mol. The molecule has 14 heteroatoms. The Morgan fingerprint density at radius 2 is 1.34 bits per heavy atom. The van der Waals surface area contributed by atoms with E-state index in [0.29, 0.717) is 12.0 Å². The normalized spacial score (nSPS) is 13.3. The lowest BCUT2D eigenvalue weighted by Gasteiger charge is -2.14. The largest absolute Gasteiger partial charge is 0.477 e. The number of carbonyl (C=O) groups is 5. The van der Waals surface area contributed by atoms with Crippen molar-refractivity contribution in [2.24, 2.45) is 0 Å². The van der Waals surface area contributed by atoms with Gasteiger partial charge < -0.3 is 25.0 Å². The fourth-order valence-electron chi connectivity index (χ4n) is 3.53. The van der Waals surface area contributed by atoms with Crippen molar-refractivity contribution in [1.29, 1.82) is 0 Å². The number of amides is 1. The van der Waals surface area contributed by atoms with Gasteiger partial charge in [0.2, 0.25) is 0 Å². The summed E-state index contributed by atoms with van der Waals surface area (Å²) in [4.78, 5) is 70.6. The van der Waals surface area contributed by atoms with E-state index in [1.54, 1.807) is 18.2 Å². The highest BCUT2D eigenvalue weighted by Crippen LogP contribution is 2.32. The van der Waals surface area contributed by atoms with E-state index in [9.17, 15) is 24.0 Å². The first-order chi connectivity index (χ1) is 18.1. The number of carboxylic acid groups (broad SMARTS) is 2. The molecule has 1 amide bonds. The number of hydrogen-bond donors (Lipinski definition) is 3. The van der Waals surface area contributed by atoms with Gasteiger partial charge in [0, 0.05) is 12.1 Å². The average Bonchev–Trinajstić information content (AvgIpc) is 3.34. The second-order valence-corrected chi connectivity index (χ2v) is 7.65. The summed E-state index contributed by atoms with van der Waals surface area (Å²) in [6, 6.07) is 7.17. The van der Waals surface area contributed by atoms with Crippen molar-refractivity contribution in [3.05, 3.63) is 82.5 Å². The van der Waals surface area contributed by atoms with Crippen LogP contribution < -0.4 is 5.32 Å². The third kappa shape index (κ3) is 6.48. The van der Waals surface area contributed by atoms with Gasteiger partial charge in [0.1, 0.15) is 18.3 Å². The van der Waals surface area contributed by atoms with Gasteiger partial charge in [-0.25, -0.2) is 39.1 Å². The van der Waals surface area contributed by atoms with Crippen molar-refractivity contribution in [3.63, 3.8) is 0 Å². The van der Waals surface area contributed by atoms with Crippen LogP contribution in [0, 0.1) is 0 Å². The summed E-state index contributed by atoms with van der Waals surface area (Å²) in [7, 11) is 2.51. The molecule has 1 atom stereocenters. The minimum Gasteiger partial charge on any atom is -0.477 e. The summed E-state index contributed by atoms with van der Waals surface area (Å²) >= 11 is 0. The summed E-state index contributed by atoms with van der Waals surface area (Å²) in [5.74, 6) is -4.01. The van der Waals surface area contributed by atoms with Gasteiger partial charge in [-0.3, -0.25) is 4.79 Å². The van der Waals surface area contributed by atoms with E-state index < -0.39 is 29.8 Å². The highest BCUT2D eigenvalue weighted by molar-refractivity contribution is 5.95. The van der Waals surface area contributed by atoms with Crippen LogP contribution in [0.3, 0.4) is 0 Å². The number of aromatic carboxylic acids is 2. The van der Waals surface area contributed by atoms with Crippen LogP contribution in [-0.4, -0.2) is 74.2 Å². The highest BCUT2D eigenvalue weighted by Gasteiger charge is 2.26. The smallest absolute Gasteiger partial charge is 0.356 e. The molecule has 0 fully saturated rings. The van der Waals surface area contributed by atoms with Crippen molar-refractivity contribution in [2.75, 3.05) is 14.2 Å². The van der Waals surface area contributed by atoms with Gasteiger partial charge >= 0.3 is 23.9 Å². The van der Waals surface area contributed by atoms with Crippen LogP contribution in [0.15, 0.2) is 43.0 Å². The molecule has 0 unspecified atom stereocenters. The molecule has 14 nitrogen and oxygen atoms in total. The number of hydrogen-bond acceptors (Lipinski definition) is 11. The number of esters is 2. The van der Waals surface area contributed by atoms with E-state index in [1.165, 1.54) is 14.2 Å². The Morgan fingerprint density at radius 1 is 0.789 bits per heavy atom. The Kier molecular flexibility index (Phi) is 8.71. The zero-order valence-corrected chi connectivity index (χ0v) is 20.1. The molecule has 1 aliphatic rings. The molecule has 1 aliphatic carbocycles. The van der Waals surface area contributed by atoms with Gasteiger partial charge in [0.05, 0.1) is 25.8 Å². The zero-order valence-electron chi connectivity index (χ0n) is 20.1. The third-order valence-corrected chi connectivity index (χ3v) is 5.35. The second-order valence-electron chi connectivity index (χ2n) is 7.65. The summed E-state index contributed by atoms with van der Waals surface area (Å²) in [5.41, 5.74) is 1.80. The molecule has 0 radical (unpaired) electrons. The number of rotatable bonds is 6. The Morgan fingerprint density at radius 3 is 1.92 bits per heavy atom. The van der Waals surface area contributed by atoms with Crippen molar-refractivity contribution in [1.82, 2.24) is 25.3 Å². The molecule has 4 rings (SSSR count). The summed E-state index contributed by atoms with van der Waals surface area (Å²) in [5, 5.41) is 20.3. The van der Waals surface area contributed by atoms with Gasteiger partial charge in [-0.1, -0.05) is 6.07 Å². The molecule has 0 aliphatic heterocycles. The summed E-state index contributed by atoms with van der Waals surface area (Å²) in [6.45, 7) is 0. The van der Waals surface area contributed by atoms with Crippen molar-refractivity contribution < 1.29 is 43.7 Å². The van der Waals surface area contributed by atoms with Gasteiger partial charge in [0.15, 0.2) is 17.1 Å². The van der Waals surface area contributed by atoms with E-state index in [4.69, 9.17) is 14.9 Å². The predicted molar refractivity (Wildman–Crippen MR) is 126 cm³/mol. The highest BCUT2D eigenvalue weighted by atomic mass is 16.5. The van der Waals surface area contributed by atoms with Crippen LogP contribution in [-0.2, 0) is 15.9 Å². The van der Waals surface area contributed by atoms with Crippen LogP contribution in [0.25, 0.3) is 0 Å². The number of aromatic nitrogens is 4. The lowest BCUT2D eigenvalue weighted by Crippen LogP contribution is -2.28. The van der Waals surface area contributed by atoms with Crippen LogP contribution in [0.1, 0.15) is 75.9 Å². The van der Waals surface area contributed by atoms with Gasteiger partial charge in [-0.15, -0.1) is 0 Å². The maximum Gasteiger partial charge on any atom is 0.356 e. The van der Waals surface area contributed by atoms with Crippen molar-refractivity contribution >= 4 is 29.8 Å². The first-order valence-electron chi connectivity index (χ1n) is 10.9. The third-order valence-electron chi connectivity index (χ3n) is 5.35. The molecule has 3 N–H and O–H groups in total. The monoisotopic (exact) mass is 523 g/mol. The maximum atomic E-state index is 12.3. The van der Waals surface area contributed by atoms with E-state index in [0.717, 1.165) is 42.3 Å². The molecule has 2 aromatic heterocycles. The number of benzene rings is 1. The van der Waals surface area contributed by atoms with Crippen LogP contribution >= 0.6 is 0 Å². The van der Waals surface area contributed by atoms with E-state index in [-0.39, 0.29) is 28.8 Å². The van der Waals surface area contributed by atoms with Crippen LogP contribution in [0.4, 0.5) is 0 Å². The topological polar surface area (TPSA) is 208 Å². The van der Waals surface area contributed by atoms with Crippen molar-refractivity contribution in [3.8, 4) is 0 Å². The Balaban J connectivity index is 0.000000260. The molecule has 0 bridgehead atoms. The predicted octanol–water partition coefficient (Wildman–Crippen LogP) is 1.34. The second kappa shape index (κ2) is 12.1. The summed E-state index contributed by atoms with van der Waals surface area (Å²) < 4.78 is 9.05. The van der Waals surface area contributed by atoms with Crippen LogP contribution in [0.2, 0.25) is 0 Å². The average molecular weight is 523 g/mol. The number of ether oxygens (including phenoxy) is 2. The lowest BCUT2D eigenvalue weighted by molar-refractivity contribution is 0.0587. The number of carbonyl (C=O) groups excluding carboxylic acids is 3. The minimum absolute atomic E-state index is 0.00738. The molecule has 0 spiro atoms. The molecule has 3 aromatic rings. The van der Waals surface area contributed by atoms with E-state index in [1.807, 2.05) is 0 Å². The Bertz CT molecular complexity index is 1410. The van der Waals surface area contributed by atoms with Gasteiger partial charge in [-0.2, -0.15) is 0 Å². The Labute approximate surface area is 214 Å². The van der Waals surface area contributed by atoms with Crippen molar-refractivity contribution in [2.45, 2.75) is 18.9 Å². The molecule has 196 valence electrons. The van der Waals surface area contributed by atoms with Crippen LogP contribution in [0.5, 0.6) is 0 Å². The maximum absolute atomic E-state index is 12.3. The molecule has 1 aromatic carbocycles. The fraction of sp³-hybridized carbons (Fsp3) is 0.208. The molecular formula is C24H21N5O9. The van der Waals surface area contributed by atoms with Gasteiger partial charge in [-0.05, 0) is 36.1 Å². The SMILES string of the molecule is COC(=O)c1cc(C(=O)O)ncn1.COC(=O)c1ccc2c(c1)CC[C@@H]2NC(=O)c1cc(C(=O)O)ncn1. The Hall–Kier alpha value is -5.27. The van der Waals surface area contributed by atoms with E-state index >= 15 is 0 Å². The first-order valence-corrected chi connectivity index (χ1v) is 10.9. The number of nitrogens with zero attached hydrogens (tertiary/aromatic N) is 4. The zero-order chi connectivity index (χ0) is 27.8. The number of methoxy groups -OCH3 is 2. The van der Waals surface area contributed by atoms with E-state index in [2.05, 4.69) is 30.0 Å². The minimum atomic E-state index is -1.22. The molecule has 2 heterocycles. The molecule has 38 heavy (non-hydrogen) atoms. The number of carboxylic acids is 2. The number of nitrogens with one attached hydrogen (secondary N) is 1. The summed E-state index contributed by atoms with van der Waals surface area (Å²) in [6.07, 6.45) is 3.44. The number of fused-ring (bicyclic) bond motifs is 1. The standard InChI is InChI=1S/C17H15N3O5.C7H6N2O4/c1-25-17(24)10-2-4-11-9(6-10)3-5-12(11)20-15(21)13-7-14(16(22)23)19-8-18-13;1-13-7(12)5-2-4(6(10)11)8-3-9-5/h2,4,6-8,12H,3,5H2,1H3,(H,20,21)(H,22,23);2-3H,1H3,(H,10,11)/t12-;/m0./s1. The van der Waals surface area contributed by atoms with Gasteiger partial charge in [0.25, 0.3) is 5.91 Å². The fourth-order valence-corrected chi connectivity index (χ4v) is 3.53. The lowest BCUT2D eigenvalue weighted by atomic mass is 10.0. The molecule has 0 saturated carbocycles. The number of aryl methyl sites for hydroxylation is 1. The molecule has 0 saturated heterocycles. The first kappa shape index (κ1) is 27.3.